The van der Waals surface area contributed by atoms with Gasteiger partial charge in [0.15, 0.2) is 0 Å². The van der Waals surface area contributed by atoms with E-state index in [1.165, 1.54) is 5.56 Å². The fourth-order valence-corrected chi connectivity index (χ4v) is 3.09. The van der Waals surface area contributed by atoms with Gasteiger partial charge in [0.2, 0.25) is 5.91 Å². The summed E-state index contributed by atoms with van der Waals surface area (Å²) in [5, 5.41) is 16.8. The lowest BCUT2D eigenvalue weighted by Gasteiger charge is -2.02. The second-order valence-electron chi connectivity index (χ2n) is 5.69. The van der Waals surface area contributed by atoms with Crippen LogP contribution in [-0.4, -0.2) is 21.2 Å². The van der Waals surface area contributed by atoms with Crippen LogP contribution in [0.2, 0.25) is 0 Å². The molecule has 0 fully saturated rings. The van der Waals surface area contributed by atoms with Crippen LogP contribution >= 0.6 is 0 Å². The molecule has 0 bridgehead atoms. The van der Waals surface area contributed by atoms with Crippen molar-refractivity contribution in [3.8, 4) is 22.5 Å². The Morgan fingerprint density at radius 1 is 1.22 bits per heavy atom. The van der Waals surface area contributed by atoms with Crippen LogP contribution in [0.1, 0.15) is 27.0 Å². The second-order valence-corrected chi connectivity index (χ2v) is 5.69. The third-order valence-corrected chi connectivity index (χ3v) is 4.30. The number of benzene rings is 2. The zero-order valence-corrected chi connectivity index (χ0v) is 12.3. The van der Waals surface area contributed by atoms with Crippen molar-refractivity contribution in [2.75, 3.05) is 0 Å². The van der Waals surface area contributed by atoms with Crippen molar-refractivity contribution in [1.82, 2.24) is 10.2 Å². The minimum Gasteiger partial charge on any atom is -0.392 e. The van der Waals surface area contributed by atoms with E-state index in [4.69, 9.17) is 5.73 Å². The summed E-state index contributed by atoms with van der Waals surface area (Å²) in [7, 11) is 0. The Hall–Kier alpha value is -2.92. The summed E-state index contributed by atoms with van der Waals surface area (Å²) in [6.07, 6.45) is 0.805. The Morgan fingerprint density at radius 2 is 2.00 bits per heavy atom. The van der Waals surface area contributed by atoms with Crippen LogP contribution in [0.25, 0.3) is 22.5 Å². The fraction of sp³-hybridized carbons (Fsp3) is 0.111. The zero-order valence-electron chi connectivity index (χ0n) is 12.3. The average molecular weight is 305 g/mol. The van der Waals surface area contributed by atoms with Crippen LogP contribution in [0.4, 0.5) is 0 Å². The second kappa shape index (κ2) is 5.07. The van der Waals surface area contributed by atoms with E-state index in [1.807, 2.05) is 24.3 Å². The molecule has 0 spiro atoms. The molecule has 5 heteroatoms. The first-order valence-electron chi connectivity index (χ1n) is 7.38. The molecule has 4 rings (SSSR count). The van der Waals surface area contributed by atoms with Gasteiger partial charge in [-0.05, 0) is 29.3 Å². The lowest BCUT2D eigenvalue weighted by Crippen LogP contribution is -2.10. The van der Waals surface area contributed by atoms with Gasteiger partial charge in [0.25, 0.3) is 0 Å². The predicted octanol–water partition coefficient (Wildman–Crippen LogP) is 2.24. The van der Waals surface area contributed by atoms with Crippen molar-refractivity contribution in [3.63, 3.8) is 0 Å². The van der Waals surface area contributed by atoms with Crippen molar-refractivity contribution in [2.24, 2.45) is 5.73 Å². The molecule has 0 aliphatic heterocycles. The summed E-state index contributed by atoms with van der Waals surface area (Å²) in [6.45, 7) is 0.0260. The van der Waals surface area contributed by atoms with Crippen molar-refractivity contribution >= 4 is 5.91 Å². The number of carbonyl (C=O) groups is 1. The lowest BCUT2D eigenvalue weighted by atomic mass is 10.0. The number of rotatable bonds is 3. The molecule has 0 radical (unpaired) electrons. The number of nitrogens with two attached hydrogens (primary N) is 1. The first kappa shape index (κ1) is 13.7. The molecule has 5 nitrogen and oxygen atoms in total. The number of nitrogens with one attached hydrogen (secondary N) is 1. The third-order valence-electron chi connectivity index (χ3n) is 4.30. The number of H-pyrrole nitrogens is 1. The maximum atomic E-state index is 11.2. The number of nitrogens with zero attached hydrogens (tertiary/aromatic N) is 1. The lowest BCUT2D eigenvalue weighted by molar-refractivity contribution is 0.100. The largest absolute Gasteiger partial charge is 0.392 e. The normalized spacial score (nSPS) is 12.0. The quantitative estimate of drug-likeness (QED) is 0.542. The summed E-state index contributed by atoms with van der Waals surface area (Å²) in [5.74, 6) is -0.437. The zero-order chi connectivity index (χ0) is 16.0. The number of aliphatic hydroxyl groups is 1. The van der Waals surface area contributed by atoms with Crippen LogP contribution in [0.3, 0.4) is 0 Å². The summed E-state index contributed by atoms with van der Waals surface area (Å²) in [4.78, 5) is 11.2. The maximum Gasteiger partial charge on any atom is 0.248 e. The Morgan fingerprint density at radius 3 is 2.70 bits per heavy atom. The highest BCUT2D eigenvalue weighted by Gasteiger charge is 2.25. The first-order chi connectivity index (χ1) is 11.2. The number of fused-ring (bicyclic) bond motifs is 3. The van der Waals surface area contributed by atoms with Crippen LogP contribution in [-0.2, 0) is 13.0 Å². The smallest absolute Gasteiger partial charge is 0.248 e. The number of aliphatic hydroxyl groups excluding tert-OH is 1. The average Bonchev–Trinajstić information content (AvgIpc) is 3.13. The molecule has 2 aromatic carbocycles. The highest BCUT2D eigenvalue weighted by Crippen LogP contribution is 2.40. The Kier molecular flexibility index (Phi) is 3.02. The molecule has 0 unspecified atom stereocenters. The van der Waals surface area contributed by atoms with Gasteiger partial charge in [0.05, 0.1) is 18.0 Å². The number of primary amides is 1. The SMILES string of the molecule is NC(=O)c1ccc(-c2n[nH]c3c2Cc2ccc(CO)cc2-3)cc1. The molecule has 1 aliphatic carbocycles. The van der Waals surface area contributed by atoms with Crippen molar-refractivity contribution < 1.29 is 9.90 Å². The number of hydrogen-bond donors (Lipinski definition) is 3. The molecule has 1 heterocycles. The van der Waals surface area contributed by atoms with Gasteiger partial charge >= 0.3 is 0 Å². The van der Waals surface area contributed by atoms with Crippen molar-refractivity contribution in [1.29, 1.82) is 0 Å². The molecule has 0 atom stereocenters. The van der Waals surface area contributed by atoms with Gasteiger partial charge in [-0.3, -0.25) is 9.89 Å². The molecule has 4 N–H and O–H groups in total. The molecule has 1 amide bonds. The standard InChI is InChI=1S/C18H15N3O2/c19-18(23)12-5-3-11(4-6-12)16-15-8-13-2-1-10(9-22)7-14(13)17(15)21-20-16/h1-7,22H,8-9H2,(H2,19,23)(H,20,21). The van der Waals surface area contributed by atoms with E-state index in [9.17, 15) is 9.90 Å². The van der Waals surface area contributed by atoms with E-state index in [2.05, 4.69) is 16.3 Å². The monoisotopic (exact) mass is 305 g/mol. The van der Waals surface area contributed by atoms with Crippen LogP contribution in [0.15, 0.2) is 42.5 Å². The number of carbonyl (C=O) groups excluding carboxylic acids is 1. The minimum atomic E-state index is -0.437. The predicted molar refractivity (Wildman–Crippen MR) is 86.7 cm³/mol. The highest BCUT2D eigenvalue weighted by atomic mass is 16.3. The Bertz CT molecular complexity index is 911. The van der Waals surface area contributed by atoms with Gasteiger partial charge in [-0.1, -0.05) is 24.3 Å². The number of aromatic nitrogens is 2. The first-order valence-corrected chi connectivity index (χ1v) is 7.38. The van der Waals surface area contributed by atoms with Crippen molar-refractivity contribution in [2.45, 2.75) is 13.0 Å². The Balaban J connectivity index is 1.77. The topological polar surface area (TPSA) is 92.0 Å². The molecule has 0 saturated carbocycles. The van der Waals surface area contributed by atoms with E-state index >= 15 is 0 Å². The van der Waals surface area contributed by atoms with Crippen LogP contribution in [0, 0.1) is 0 Å². The number of aromatic amines is 1. The molecular formula is C18H15N3O2. The molecular weight excluding hydrogens is 290 g/mol. The third kappa shape index (κ3) is 2.13. The molecule has 1 aromatic heterocycles. The van der Waals surface area contributed by atoms with Crippen LogP contribution < -0.4 is 5.73 Å². The fourth-order valence-electron chi connectivity index (χ4n) is 3.09. The Labute approximate surface area is 132 Å². The van der Waals surface area contributed by atoms with Gasteiger partial charge in [-0.2, -0.15) is 5.10 Å². The molecule has 23 heavy (non-hydrogen) atoms. The van der Waals surface area contributed by atoms with E-state index in [1.54, 1.807) is 12.1 Å². The van der Waals surface area contributed by atoms with Gasteiger partial charge in [0.1, 0.15) is 0 Å². The van der Waals surface area contributed by atoms with E-state index in [0.29, 0.717) is 5.56 Å². The van der Waals surface area contributed by atoms with E-state index < -0.39 is 5.91 Å². The van der Waals surface area contributed by atoms with Gasteiger partial charge in [-0.25, -0.2) is 0 Å². The van der Waals surface area contributed by atoms with Crippen LogP contribution in [0.5, 0.6) is 0 Å². The summed E-state index contributed by atoms with van der Waals surface area (Å²) in [6, 6.07) is 13.1. The summed E-state index contributed by atoms with van der Waals surface area (Å²) >= 11 is 0. The molecule has 0 saturated heterocycles. The number of hydrogen-bond acceptors (Lipinski definition) is 3. The molecule has 1 aliphatic rings. The summed E-state index contributed by atoms with van der Waals surface area (Å²) in [5.41, 5.74) is 12.9. The number of amides is 1. The molecule has 114 valence electrons. The van der Waals surface area contributed by atoms with Crippen molar-refractivity contribution in [3.05, 3.63) is 64.7 Å². The minimum absolute atomic E-state index is 0.0260. The van der Waals surface area contributed by atoms with E-state index in [0.717, 1.165) is 40.1 Å². The van der Waals surface area contributed by atoms with Gasteiger partial charge in [0, 0.05) is 28.7 Å². The maximum absolute atomic E-state index is 11.2. The van der Waals surface area contributed by atoms with Gasteiger partial charge < -0.3 is 10.8 Å². The molecule has 3 aromatic rings. The summed E-state index contributed by atoms with van der Waals surface area (Å²) < 4.78 is 0. The van der Waals surface area contributed by atoms with Gasteiger partial charge in [-0.15, -0.1) is 0 Å². The van der Waals surface area contributed by atoms with E-state index in [-0.39, 0.29) is 6.61 Å². The highest BCUT2D eigenvalue weighted by molar-refractivity contribution is 5.93.